The van der Waals surface area contributed by atoms with E-state index in [1.807, 2.05) is 41.8 Å². The summed E-state index contributed by atoms with van der Waals surface area (Å²) in [7, 11) is 1.64. The van der Waals surface area contributed by atoms with E-state index in [9.17, 15) is 5.11 Å². The Hall–Kier alpha value is -3.22. The molecule has 0 amide bonds. The van der Waals surface area contributed by atoms with Gasteiger partial charge in [-0.05, 0) is 48.0 Å². The molecule has 1 aromatic heterocycles. The van der Waals surface area contributed by atoms with Crippen molar-refractivity contribution in [2.24, 2.45) is 0 Å². The Balaban J connectivity index is 1.57. The largest absolute Gasteiger partial charge is 0.507 e. The lowest BCUT2D eigenvalue weighted by molar-refractivity contribution is 0.415. The molecule has 0 unspecified atom stereocenters. The SMILES string of the molecule is COc1ccc(-c2csc(Nc3cc(O)c(-c4ccc(N)cc4)cc3Cl)n2)cc1. The van der Waals surface area contributed by atoms with Crippen LogP contribution >= 0.6 is 22.9 Å². The topological polar surface area (TPSA) is 80.4 Å². The molecule has 0 fully saturated rings. The van der Waals surface area contributed by atoms with Gasteiger partial charge < -0.3 is 20.9 Å². The zero-order valence-electron chi connectivity index (χ0n) is 15.5. The quantitative estimate of drug-likeness (QED) is 0.334. The zero-order valence-corrected chi connectivity index (χ0v) is 17.1. The van der Waals surface area contributed by atoms with Crippen LogP contribution in [0.4, 0.5) is 16.5 Å². The van der Waals surface area contributed by atoms with Crippen LogP contribution in [0.15, 0.2) is 66.0 Å². The summed E-state index contributed by atoms with van der Waals surface area (Å²) in [5.41, 5.74) is 10.3. The van der Waals surface area contributed by atoms with E-state index >= 15 is 0 Å². The average molecular weight is 424 g/mol. The minimum absolute atomic E-state index is 0.119. The summed E-state index contributed by atoms with van der Waals surface area (Å²) in [6.07, 6.45) is 0. The predicted octanol–water partition coefficient (Wildman–Crippen LogP) is 6.17. The third-order valence-corrected chi connectivity index (χ3v) is 5.51. The molecule has 0 saturated heterocycles. The molecule has 0 saturated carbocycles. The lowest BCUT2D eigenvalue weighted by Gasteiger charge is -2.11. The highest BCUT2D eigenvalue weighted by Gasteiger charge is 2.12. The number of hydrogen-bond donors (Lipinski definition) is 3. The van der Waals surface area contributed by atoms with E-state index in [0.717, 1.165) is 22.6 Å². The summed E-state index contributed by atoms with van der Waals surface area (Å²) in [5, 5.41) is 16.8. The Labute approximate surface area is 177 Å². The predicted molar refractivity (Wildman–Crippen MR) is 120 cm³/mol. The number of nitrogens with two attached hydrogens (primary N) is 1. The van der Waals surface area contributed by atoms with E-state index < -0.39 is 0 Å². The van der Waals surface area contributed by atoms with Gasteiger partial charge in [0.25, 0.3) is 0 Å². The van der Waals surface area contributed by atoms with Crippen molar-refractivity contribution >= 4 is 39.4 Å². The highest BCUT2D eigenvalue weighted by Crippen LogP contribution is 2.39. The summed E-state index contributed by atoms with van der Waals surface area (Å²) in [4.78, 5) is 4.60. The van der Waals surface area contributed by atoms with E-state index in [2.05, 4.69) is 10.3 Å². The van der Waals surface area contributed by atoms with Gasteiger partial charge in [0, 0.05) is 28.3 Å². The maximum atomic E-state index is 10.5. The van der Waals surface area contributed by atoms with Crippen LogP contribution in [0.2, 0.25) is 5.02 Å². The molecule has 146 valence electrons. The van der Waals surface area contributed by atoms with Gasteiger partial charge in [0.2, 0.25) is 0 Å². The fraction of sp³-hybridized carbons (Fsp3) is 0.0455. The molecule has 1 heterocycles. The van der Waals surface area contributed by atoms with E-state index in [4.69, 9.17) is 22.1 Å². The standard InChI is InChI=1S/C22H18ClN3O2S/c1-28-16-8-4-14(5-9-16)20-12-29-22(26-20)25-19-11-21(27)17(10-18(19)23)13-2-6-15(24)7-3-13/h2-12,27H,24H2,1H3,(H,25,26). The number of benzene rings is 3. The first kappa shape index (κ1) is 19.1. The second-order valence-electron chi connectivity index (χ2n) is 6.36. The Bertz CT molecular complexity index is 1140. The smallest absolute Gasteiger partial charge is 0.187 e. The van der Waals surface area contributed by atoms with Crippen LogP contribution in [0, 0.1) is 0 Å². The number of aromatic hydroxyl groups is 1. The summed E-state index contributed by atoms with van der Waals surface area (Å²) >= 11 is 7.91. The zero-order chi connectivity index (χ0) is 20.4. The Morgan fingerprint density at radius 1 is 1.03 bits per heavy atom. The van der Waals surface area contributed by atoms with E-state index in [-0.39, 0.29) is 5.75 Å². The number of hydrogen-bond acceptors (Lipinski definition) is 6. The number of nitrogens with one attached hydrogen (secondary N) is 1. The van der Waals surface area contributed by atoms with Gasteiger partial charge in [-0.15, -0.1) is 11.3 Å². The molecule has 0 atom stereocenters. The molecular formula is C22H18ClN3O2S. The molecule has 0 aliphatic rings. The number of nitrogen functional groups attached to an aromatic ring is 1. The Morgan fingerprint density at radius 2 is 1.72 bits per heavy atom. The molecule has 3 aromatic carbocycles. The number of nitrogens with zero attached hydrogens (tertiary/aromatic N) is 1. The van der Waals surface area contributed by atoms with Crippen molar-refractivity contribution < 1.29 is 9.84 Å². The van der Waals surface area contributed by atoms with Crippen molar-refractivity contribution in [1.29, 1.82) is 0 Å². The number of anilines is 3. The molecule has 4 aromatic rings. The van der Waals surface area contributed by atoms with Crippen LogP contribution in [-0.2, 0) is 0 Å². The highest BCUT2D eigenvalue weighted by atomic mass is 35.5. The molecule has 4 N–H and O–H groups in total. The average Bonchev–Trinajstić information content (AvgIpc) is 3.20. The van der Waals surface area contributed by atoms with Crippen LogP contribution in [0.3, 0.4) is 0 Å². The van der Waals surface area contributed by atoms with E-state index in [1.54, 1.807) is 31.4 Å². The highest BCUT2D eigenvalue weighted by molar-refractivity contribution is 7.14. The number of aromatic nitrogens is 1. The van der Waals surface area contributed by atoms with Gasteiger partial charge in [0.15, 0.2) is 5.13 Å². The van der Waals surface area contributed by atoms with Crippen molar-refractivity contribution in [2.45, 2.75) is 0 Å². The Kier molecular flexibility index (Phi) is 5.29. The van der Waals surface area contributed by atoms with Gasteiger partial charge in [-0.25, -0.2) is 4.98 Å². The van der Waals surface area contributed by atoms with Gasteiger partial charge in [-0.3, -0.25) is 0 Å². The normalized spacial score (nSPS) is 10.7. The molecule has 0 radical (unpaired) electrons. The number of methoxy groups -OCH3 is 1. The second kappa shape index (κ2) is 8.03. The minimum Gasteiger partial charge on any atom is -0.507 e. The van der Waals surface area contributed by atoms with Crippen molar-refractivity contribution in [2.75, 3.05) is 18.2 Å². The van der Waals surface area contributed by atoms with Gasteiger partial charge in [0.1, 0.15) is 11.5 Å². The second-order valence-corrected chi connectivity index (χ2v) is 7.63. The third-order valence-electron chi connectivity index (χ3n) is 4.44. The number of halogens is 1. The van der Waals surface area contributed by atoms with Crippen LogP contribution in [0.25, 0.3) is 22.4 Å². The molecule has 0 aliphatic heterocycles. The summed E-state index contributed by atoms with van der Waals surface area (Å²) in [6, 6.07) is 18.3. The van der Waals surface area contributed by atoms with Crippen LogP contribution in [-0.4, -0.2) is 17.2 Å². The Morgan fingerprint density at radius 3 is 2.41 bits per heavy atom. The molecule has 5 nitrogen and oxygen atoms in total. The van der Waals surface area contributed by atoms with Crippen molar-refractivity contribution in [3.8, 4) is 33.9 Å². The summed E-state index contributed by atoms with van der Waals surface area (Å²) in [6.45, 7) is 0. The van der Waals surface area contributed by atoms with Gasteiger partial charge in [0.05, 0.1) is 23.5 Å². The number of ether oxygens (including phenoxy) is 1. The van der Waals surface area contributed by atoms with Crippen LogP contribution in [0.5, 0.6) is 11.5 Å². The fourth-order valence-corrected chi connectivity index (χ4v) is 3.84. The lowest BCUT2D eigenvalue weighted by atomic mass is 10.0. The van der Waals surface area contributed by atoms with Crippen molar-refractivity contribution in [1.82, 2.24) is 4.98 Å². The van der Waals surface area contributed by atoms with Gasteiger partial charge in [-0.1, -0.05) is 23.7 Å². The van der Waals surface area contributed by atoms with Crippen molar-refractivity contribution in [3.63, 3.8) is 0 Å². The number of thiazole rings is 1. The van der Waals surface area contributed by atoms with Gasteiger partial charge >= 0.3 is 0 Å². The summed E-state index contributed by atoms with van der Waals surface area (Å²) < 4.78 is 5.19. The first-order valence-electron chi connectivity index (χ1n) is 8.79. The fourth-order valence-electron chi connectivity index (χ4n) is 2.89. The first-order valence-corrected chi connectivity index (χ1v) is 10.0. The molecule has 0 spiro atoms. The third kappa shape index (κ3) is 4.13. The molecule has 7 heteroatoms. The molecular weight excluding hydrogens is 406 g/mol. The number of phenols is 1. The van der Waals surface area contributed by atoms with Crippen LogP contribution in [0.1, 0.15) is 0 Å². The van der Waals surface area contributed by atoms with Crippen LogP contribution < -0.4 is 15.8 Å². The lowest BCUT2D eigenvalue weighted by Crippen LogP contribution is -1.92. The van der Waals surface area contributed by atoms with E-state index in [1.165, 1.54) is 11.3 Å². The molecule has 0 bridgehead atoms. The van der Waals surface area contributed by atoms with E-state index in [0.29, 0.717) is 27.1 Å². The maximum absolute atomic E-state index is 10.5. The molecule has 29 heavy (non-hydrogen) atoms. The monoisotopic (exact) mass is 423 g/mol. The minimum atomic E-state index is 0.119. The number of phenolic OH excluding ortho intramolecular Hbond substituents is 1. The van der Waals surface area contributed by atoms with Gasteiger partial charge in [-0.2, -0.15) is 0 Å². The summed E-state index contributed by atoms with van der Waals surface area (Å²) in [5.74, 6) is 0.916. The van der Waals surface area contributed by atoms with Crippen molar-refractivity contribution in [3.05, 3.63) is 71.1 Å². The first-order chi connectivity index (χ1) is 14.0. The maximum Gasteiger partial charge on any atom is 0.187 e. The number of rotatable bonds is 5. The molecule has 4 rings (SSSR count). The molecule has 0 aliphatic carbocycles.